The van der Waals surface area contributed by atoms with Crippen molar-refractivity contribution in [2.24, 2.45) is 5.10 Å². The lowest BCUT2D eigenvalue weighted by molar-refractivity contribution is -0.118. The molecular formula is C19H20N4O2. The number of hydrogen-bond donors (Lipinski definition) is 1. The van der Waals surface area contributed by atoms with Gasteiger partial charge < -0.3 is 5.32 Å². The van der Waals surface area contributed by atoms with Gasteiger partial charge in [0.2, 0.25) is 5.91 Å². The molecule has 0 atom stereocenters. The predicted molar refractivity (Wildman–Crippen MR) is 97.7 cm³/mol. The minimum atomic E-state index is -0.329. The van der Waals surface area contributed by atoms with Crippen molar-refractivity contribution in [2.45, 2.75) is 33.6 Å². The average molecular weight is 336 g/mol. The first-order valence-corrected chi connectivity index (χ1v) is 8.16. The van der Waals surface area contributed by atoms with Crippen LogP contribution in [-0.4, -0.2) is 22.5 Å². The fourth-order valence-electron chi connectivity index (χ4n) is 2.65. The van der Waals surface area contributed by atoms with Gasteiger partial charge in [-0.2, -0.15) is 5.10 Å². The van der Waals surface area contributed by atoms with E-state index in [4.69, 9.17) is 0 Å². The normalized spacial score (nSPS) is 14.3. The maximum atomic E-state index is 12.5. The first-order valence-electron chi connectivity index (χ1n) is 8.16. The van der Waals surface area contributed by atoms with Crippen LogP contribution in [0.5, 0.6) is 0 Å². The number of nitrogens with zero attached hydrogens (tertiary/aromatic N) is 3. The number of hydrogen-bond acceptors (Lipinski definition) is 4. The van der Waals surface area contributed by atoms with Crippen molar-refractivity contribution < 1.29 is 9.59 Å². The first-order chi connectivity index (χ1) is 12.0. The van der Waals surface area contributed by atoms with E-state index in [1.165, 1.54) is 5.01 Å². The summed E-state index contributed by atoms with van der Waals surface area (Å²) in [6, 6.07) is 9.51. The molecule has 0 fully saturated rings. The van der Waals surface area contributed by atoms with Gasteiger partial charge in [0.05, 0.1) is 5.69 Å². The predicted octanol–water partition coefficient (Wildman–Crippen LogP) is 3.13. The zero-order valence-electron chi connectivity index (χ0n) is 14.5. The highest BCUT2D eigenvalue weighted by molar-refractivity contribution is 6.44. The standard InChI is InChI=1S/C19H20N4O2/c1-12-6-7-13(2)16(11-12)23-17(24)9-8-15(22-23)19(25)21-18-14(3)5-4-10-20-18/h4-7,10-11H,8-9H2,1-3H3,(H,20,21,25). The Kier molecular flexibility index (Phi) is 4.61. The Hall–Kier alpha value is -3.02. The third-order valence-corrected chi connectivity index (χ3v) is 4.13. The van der Waals surface area contributed by atoms with Gasteiger partial charge in [0.1, 0.15) is 11.5 Å². The van der Waals surface area contributed by atoms with Gasteiger partial charge in [0.15, 0.2) is 0 Å². The number of aromatic nitrogens is 1. The van der Waals surface area contributed by atoms with Gasteiger partial charge in [-0.05, 0) is 49.6 Å². The highest BCUT2D eigenvalue weighted by Crippen LogP contribution is 2.25. The van der Waals surface area contributed by atoms with Crippen LogP contribution in [0.1, 0.15) is 29.5 Å². The molecule has 2 amide bonds. The molecule has 0 saturated heterocycles. The van der Waals surface area contributed by atoms with Gasteiger partial charge >= 0.3 is 0 Å². The summed E-state index contributed by atoms with van der Waals surface area (Å²) >= 11 is 0. The van der Waals surface area contributed by atoms with Crippen LogP contribution in [0.4, 0.5) is 11.5 Å². The van der Waals surface area contributed by atoms with E-state index in [0.29, 0.717) is 23.6 Å². The minimum absolute atomic E-state index is 0.112. The average Bonchev–Trinajstić information content (AvgIpc) is 2.59. The Morgan fingerprint density at radius 2 is 1.92 bits per heavy atom. The van der Waals surface area contributed by atoms with E-state index in [9.17, 15) is 9.59 Å². The molecule has 3 rings (SSSR count). The quantitative estimate of drug-likeness (QED) is 0.936. The first kappa shape index (κ1) is 16.8. The number of benzene rings is 1. The van der Waals surface area contributed by atoms with Crippen molar-refractivity contribution in [3.8, 4) is 0 Å². The molecule has 1 N–H and O–H groups in total. The zero-order valence-corrected chi connectivity index (χ0v) is 14.5. The summed E-state index contributed by atoms with van der Waals surface area (Å²) in [5.74, 6) is 0.0641. The van der Waals surface area contributed by atoms with E-state index >= 15 is 0 Å². The number of nitrogens with one attached hydrogen (secondary N) is 1. The minimum Gasteiger partial charge on any atom is -0.305 e. The number of hydrazone groups is 1. The molecule has 6 heteroatoms. The molecule has 0 aliphatic carbocycles. The van der Waals surface area contributed by atoms with E-state index in [0.717, 1.165) is 16.7 Å². The van der Waals surface area contributed by atoms with Crippen molar-refractivity contribution in [3.05, 3.63) is 53.2 Å². The van der Waals surface area contributed by atoms with Crippen LogP contribution in [0.15, 0.2) is 41.6 Å². The molecule has 25 heavy (non-hydrogen) atoms. The van der Waals surface area contributed by atoms with Crippen LogP contribution in [0.3, 0.4) is 0 Å². The third-order valence-electron chi connectivity index (χ3n) is 4.13. The van der Waals surface area contributed by atoms with Gasteiger partial charge in [0.25, 0.3) is 5.91 Å². The number of amides is 2. The number of rotatable bonds is 3. The van der Waals surface area contributed by atoms with Crippen molar-refractivity contribution in [1.29, 1.82) is 0 Å². The lowest BCUT2D eigenvalue weighted by Gasteiger charge is -2.24. The van der Waals surface area contributed by atoms with Crippen molar-refractivity contribution in [1.82, 2.24) is 4.98 Å². The van der Waals surface area contributed by atoms with Crippen LogP contribution >= 0.6 is 0 Å². The molecule has 2 heterocycles. The highest BCUT2D eigenvalue weighted by atomic mass is 16.2. The largest absolute Gasteiger partial charge is 0.305 e. The summed E-state index contributed by atoms with van der Waals surface area (Å²) in [5, 5.41) is 8.43. The maximum absolute atomic E-state index is 12.5. The maximum Gasteiger partial charge on any atom is 0.273 e. The van der Waals surface area contributed by atoms with Gasteiger partial charge in [0, 0.05) is 19.0 Å². The molecule has 0 spiro atoms. The molecule has 0 bridgehead atoms. The number of aryl methyl sites for hydroxylation is 3. The summed E-state index contributed by atoms with van der Waals surface area (Å²) in [7, 11) is 0. The van der Waals surface area contributed by atoms with Crippen LogP contribution < -0.4 is 10.3 Å². The van der Waals surface area contributed by atoms with Crippen LogP contribution in [0.2, 0.25) is 0 Å². The highest BCUT2D eigenvalue weighted by Gasteiger charge is 2.26. The molecule has 0 radical (unpaired) electrons. The molecule has 1 aromatic carbocycles. The van der Waals surface area contributed by atoms with E-state index in [-0.39, 0.29) is 18.2 Å². The van der Waals surface area contributed by atoms with E-state index in [1.54, 1.807) is 6.20 Å². The second kappa shape index (κ2) is 6.84. The van der Waals surface area contributed by atoms with Gasteiger partial charge in [-0.3, -0.25) is 9.59 Å². The monoisotopic (exact) mass is 336 g/mol. The second-order valence-corrected chi connectivity index (χ2v) is 6.17. The molecular weight excluding hydrogens is 316 g/mol. The smallest absolute Gasteiger partial charge is 0.273 e. The Bertz CT molecular complexity index is 873. The Balaban J connectivity index is 1.89. The number of pyridine rings is 1. The lowest BCUT2D eigenvalue weighted by Crippen LogP contribution is -2.36. The number of carbonyl (C=O) groups excluding carboxylic acids is 2. The Morgan fingerprint density at radius 3 is 2.68 bits per heavy atom. The summed E-state index contributed by atoms with van der Waals surface area (Å²) in [6.45, 7) is 5.75. The van der Waals surface area contributed by atoms with Crippen molar-refractivity contribution in [2.75, 3.05) is 10.3 Å². The van der Waals surface area contributed by atoms with Gasteiger partial charge in [-0.25, -0.2) is 9.99 Å². The second-order valence-electron chi connectivity index (χ2n) is 6.17. The Morgan fingerprint density at radius 1 is 1.12 bits per heavy atom. The lowest BCUT2D eigenvalue weighted by atomic mass is 10.1. The van der Waals surface area contributed by atoms with E-state index < -0.39 is 0 Å². The van der Waals surface area contributed by atoms with Gasteiger partial charge in [-0.15, -0.1) is 0 Å². The SMILES string of the molecule is Cc1ccc(C)c(N2N=C(C(=O)Nc3ncccc3C)CCC2=O)c1. The van der Waals surface area contributed by atoms with Crippen LogP contribution in [-0.2, 0) is 9.59 Å². The molecule has 2 aromatic rings. The fourth-order valence-corrected chi connectivity index (χ4v) is 2.65. The molecule has 1 aliphatic rings. The summed E-state index contributed by atoms with van der Waals surface area (Å²) in [5.41, 5.74) is 3.87. The third kappa shape index (κ3) is 3.57. The number of carbonyl (C=O) groups is 2. The molecule has 1 aromatic heterocycles. The number of anilines is 2. The summed E-state index contributed by atoms with van der Waals surface area (Å²) < 4.78 is 0. The molecule has 128 valence electrons. The fraction of sp³-hybridized carbons (Fsp3) is 0.263. The van der Waals surface area contributed by atoms with E-state index in [2.05, 4.69) is 15.4 Å². The molecule has 0 saturated carbocycles. The zero-order chi connectivity index (χ0) is 18.0. The van der Waals surface area contributed by atoms with Crippen LogP contribution in [0, 0.1) is 20.8 Å². The molecule has 0 unspecified atom stereocenters. The summed E-state index contributed by atoms with van der Waals surface area (Å²) in [4.78, 5) is 29.0. The molecule has 6 nitrogen and oxygen atoms in total. The summed E-state index contributed by atoms with van der Waals surface area (Å²) in [6.07, 6.45) is 2.19. The van der Waals surface area contributed by atoms with Crippen LogP contribution in [0.25, 0.3) is 0 Å². The Labute approximate surface area is 146 Å². The van der Waals surface area contributed by atoms with Crippen molar-refractivity contribution in [3.63, 3.8) is 0 Å². The van der Waals surface area contributed by atoms with E-state index in [1.807, 2.05) is 51.1 Å². The molecule has 1 aliphatic heterocycles. The topological polar surface area (TPSA) is 74.7 Å². The van der Waals surface area contributed by atoms with Crippen molar-refractivity contribution >= 4 is 29.0 Å². The van der Waals surface area contributed by atoms with Gasteiger partial charge in [-0.1, -0.05) is 18.2 Å².